The van der Waals surface area contributed by atoms with Crippen molar-refractivity contribution in [3.63, 3.8) is 0 Å². The molecule has 2 heterocycles. The zero-order valence-corrected chi connectivity index (χ0v) is 15.7. The number of carbonyl (C=O) groups excluding carboxylic acids is 1. The molecule has 1 unspecified atom stereocenters. The highest BCUT2D eigenvalue weighted by Crippen LogP contribution is 2.27. The Morgan fingerprint density at radius 2 is 1.82 bits per heavy atom. The van der Waals surface area contributed by atoms with E-state index in [0.717, 1.165) is 0 Å². The van der Waals surface area contributed by atoms with E-state index in [0.29, 0.717) is 33.8 Å². The second-order valence-corrected chi connectivity index (χ2v) is 5.50. The molecule has 140 valence electrons. The van der Waals surface area contributed by atoms with Gasteiger partial charge in [-0.3, -0.25) is 4.85 Å². The van der Waals surface area contributed by atoms with Crippen LogP contribution >= 0.6 is 0 Å². The maximum atomic E-state index is 11.9. The largest absolute Gasteiger partial charge is 0.463 e. The van der Waals surface area contributed by atoms with Crippen molar-refractivity contribution in [1.82, 2.24) is 4.98 Å². The van der Waals surface area contributed by atoms with Crippen LogP contribution in [0.1, 0.15) is 25.0 Å². The molecule has 0 aliphatic carbocycles. The van der Waals surface area contributed by atoms with Gasteiger partial charge in [-0.15, -0.1) is 0 Å². The molecule has 2 aromatic carbocycles. The monoisotopic (exact) mass is 374 g/mol. The van der Waals surface area contributed by atoms with Crippen molar-refractivity contribution in [3.05, 3.63) is 71.1 Å². The van der Waals surface area contributed by atoms with Gasteiger partial charge in [-0.05, 0) is 12.1 Å². The third-order valence-corrected chi connectivity index (χ3v) is 3.97. The number of amidine groups is 1. The fraction of sp³-hybridized carbons (Fsp3) is 0.190. The van der Waals surface area contributed by atoms with Gasteiger partial charge in [0.1, 0.15) is 11.2 Å². The smallest absolute Gasteiger partial charge is 0.396 e. The van der Waals surface area contributed by atoms with Crippen molar-refractivity contribution in [2.24, 2.45) is 9.98 Å². The van der Waals surface area contributed by atoms with Crippen LogP contribution < -0.4 is 0 Å². The third-order valence-electron chi connectivity index (χ3n) is 3.97. The zero-order valence-electron chi connectivity index (χ0n) is 15.7. The fourth-order valence-corrected chi connectivity index (χ4v) is 2.77. The van der Waals surface area contributed by atoms with E-state index in [9.17, 15) is 4.79 Å². The molecule has 4 rings (SSSR count). The van der Waals surface area contributed by atoms with Crippen molar-refractivity contribution < 1.29 is 13.9 Å². The quantitative estimate of drug-likeness (QED) is 0.508. The Hall–Kier alpha value is -3.79. The zero-order chi connectivity index (χ0) is 20.1. The Labute approximate surface area is 162 Å². The van der Waals surface area contributed by atoms with E-state index in [-0.39, 0.29) is 6.01 Å². The maximum absolute atomic E-state index is 11.9. The number of hydrogen-bond donors (Lipinski definition) is 0. The first-order chi connectivity index (χ1) is 13.7. The number of nitrogens with zero attached hydrogens (tertiary/aromatic N) is 4. The van der Waals surface area contributed by atoms with E-state index in [1.165, 1.54) is 7.11 Å². The highest BCUT2D eigenvalue weighted by molar-refractivity contribution is 6.29. The van der Waals surface area contributed by atoms with Gasteiger partial charge in [0, 0.05) is 11.1 Å². The van der Waals surface area contributed by atoms with E-state index in [4.69, 9.17) is 15.7 Å². The molecule has 1 aromatic heterocycles. The van der Waals surface area contributed by atoms with Crippen LogP contribution in [0.5, 0.6) is 0 Å². The average Bonchev–Trinajstić information content (AvgIpc) is 3.31. The van der Waals surface area contributed by atoms with Gasteiger partial charge in [0.25, 0.3) is 0 Å². The Morgan fingerprint density at radius 1 is 1.14 bits per heavy atom. The Kier molecular flexibility index (Phi) is 5.61. The Morgan fingerprint density at radius 3 is 2.50 bits per heavy atom. The minimum Gasteiger partial charge on any atom is -0.463 e. The first kappa shape index (κ1) is 19.0. The summed E-state index contributed by atoms with van der Waals surface area (Å²) in [5, 5.41) is 0. The van der Waals surface area contributed by atoms with Crippen LogP contribution in [0.2, 0.25) is 0 Å². The molecule has 0 bridgehead atoms. The lowest BCUT2D eigenvalue weighted by atomic mass is 10.0. The molecule has 28 heavy (non-hydrogen) atoms. The van der Waals surface area contributed by atoms with Crippen molar-refractivity contribution in [3.8, 4) is 0 Å². The lowest BCUT2D eigenvalue weighted by Crippen LogP contribution is -2.28. The number of oxazole rings is 1. The van der Waals surface area contributed by atoms with Gasteiger partial charge in [-0.25, -0.2) is 16.4 Å². The van der Waals surface area contributed by atoms with Crippen molar-refractivity contribution in [1.29, 1.82) is 0 Å². The molecule has 1 atom stereocenters. The van der Waals surface area contributed by atoms with Crippen molar-refractivity contribution >= 4 is 34.6 Å². The summed E-state index contributed by atoms with van der Waals surface area (Å²) in [5.74, 6) is -0.309. The predicted molar refractivity (Wildman–Crippen MR) is 107 cm³/mol. The second kappa shape index (κ2) is 8.27. The molecule has 0 N–H and O–H groups in total. The van der Waals surface area contributed by atoms with Crippen LogP contribution in [-0.2, 0) is 9.53 Å². The van der Waals surface area contributed by atoms with Gasteiger partial charge in [0.15, 0.2) is 11.4 Å². The van der Waals surface area contributed by atoms with Crippen LogP contribution in [-0.4, -0.2) is 35.7 Å². The van der Waals surface area contributed by atoms with Gasteiger partial charge < -0.3 is 9.15 Å². The van der Waals surface area contributed by atoms with E-state index in [1.54, 1.807) is 12.1 Å². The summed E-state index contributed by atoms with van der Waals surface area (Å²) in [4.78, 5) is 28.4. The third kappa shape index (κ3) is 3.40. The van der Waals surface area contributed by atoms with Gasteiger partial charge in [-0.2, -0.15) is 9.98 Å². The fourth-order valence-electron chi connectivity index (χ4n) is 2.77. The summed E-state index contributed by atoms with van der Waals surface area (Å²) in [6.45, 7) is 11.3. The maximum Gasteiger partial charge on any atom is 0.396 e. The minimum atomic E-state index is -1.14. The number of carbonyl (C=O) groups is 1. The highest BCUT2D eigenvalue weighted by Gasteiger charge is 2.37. The lowest BCUT2D eigenvalue weighted by molar-refractivity contribution is -0.139. The summed E-state index contributed by atoms with van der Waals surface area (Å²) in [6, 6.07) is 13.6. The molecule has 1 aliphatic rings. The van der Waals surface area contributed by atoms with Crippen LogP contribution in [0.25, 0.3) is 15.9 Å². The molecular formula is C21H18N4O3. The molecule has 7 nitrogen and oxygen atoms in total. The first-order valence-corrected chi connectivity index (χ1v) is 8.78. The number of para-hydroxylation sites is 2. The molecule has 0 amide bonds. The van der Waals surface area contributed by atoms with Crippen LogP contribution in [0.3, 0.4) is 0 Å². The lowest BCUT2D eigenvalue weighted by Gasteiger charge is -2.04. The predicted octanol–water partition coefficient (Wildman–Crippen LogP) is 4.20. The van der Waals surface area contributed by atoms with Crippen LogP contribution in [0, 0.1) is 6.57 Å². The first-order valence-electron chi connectivity index (χ1n) is 8.78. The molecule has 0 radical (unpaired) electrons. The number of hydrogen-bond acceptors (Lipinski definition) is 5. The van der Waals surface area contributed by atoms with E-state index in [2.05, 4.69) is 19.8 Å². The Bertz CT molecular complexity index is 1090. The summed E-state index contributed by atoms with van der Waals surface area (Å²) in [6.07, 6.45) is 0. The van der Waals surface area contributed by atoms with Gasteiger partial charge in [0.05, 0.1) is 7.11 Å². The summed E-state index contributed by atoms with van der Waals surface area (Å²) >= 11 is 0. The standard InChI is InChI=1S/C19H12N4O3.C2H6/c1-20-16(18(24)25-2)15-11-7-3-4-8-12(11)17(22-15)23-19-21-13-9-5-6-10-14(13)26-19;1-2/h3-10,16H,2H3;1-2H3. The summed E-state index contributed by atoms with van der Waals surface area (Å²) in [5.41, 5.74) is 3.01. The van der Waals surface area contributed by atoms with Gasteiger partial charge in [0.2, 0.25) is 0 Å². The Balaban J connectivity index is 0.00000109. The van der Waals surface area contributed by atoms with Gasteiger partial charge in [-0.1, -0.05) is 50.2 Å². The van der Waals surface area contributed by atoms with E-state index >= 15 is 0 Å². The highest BCUT2D eigenvalue weighted by atomic mass is 16.5. The van der Waals surface area contributed by atoms with Crippen molar-refractivity contribution in [2.75, 3.05) is 7.11 Å². The molecule has 7 heteroatoms. The van der Waals surface area contributed by atoms with Gasteiger partial charge >= 0.3 is 18.0 Å². The number of aromatic nitrogens is 1. The molecule has 0 fully saturated rings. The summed E-state index contributed by atoms with van der Waals surface area (Å²) in [7, 11) is 1.25. The molecule has 0 saturated heterocycles. The number of fused-ring (bicyclic) bond motifs is 2. The molecule has 1 aliphatic heterocycles. The number of esters is 1. The average molecular weight is 374 g/mol. The molecule has 3 aromatic rings. The number of methoxy groups -OCH3 is 1. The van der Waals surface area contributed by atoms with Crippen LogP contribution in [0.15, 0.2) is 62.9 Å². The number of rotatable bonds is 3. The number of ether oxygens (including phenoxy) is 1. The second-order valence-electron chi connectivity index (χ2n) is 5.50. The molecule has 0 saturated carbocycles. The number of aliphatic imine (C=N–C) groups is 2. The normalized spacial score (nSPS) is 14.5. The van der Waals surface area contributed by atoms with Crippen molar-refractivity contribution in [2.45, 2.75) is 19.9 Å². The van der Waals surface area contributed by atoms with E-state index < -0.39 is 12.0 Å². The van der Waals surface area contributed by atoms with E-state index in [1.807, 2.05) is 50.2 Å². The minimum absolute atomic E-state index is 0.165. The topological polar surface area (TPSA) is 81.4 Å². The number of benzene rings is 2. The van der Waals surface area contributed by atoms with Crippen LogP contribution in [0.4, 0.5) is 6.01 Å². The summed E-state index contributed by atoms with van der Waals surface area (Å²) < 4.78 is 10.3. The molecular weight excluding hydrogens is 356 g/mol. The SMILES string of the molecule is CC.[C-]#[N+]C(C(=O)OC)C1=NC(=Nc2nc3ccccc3o2)c2ccccc21. The molecule has 0 spiro atoms.